The van der Waals surface area contributed by atoms with Gasteiger partial charge < -0.3 is 24.2 Å². The molecule has 2 aromatic rings. The smallest absolute Gasteiger partial charge is 0.295 e. The summed E-state index contributed by atoms with van der Waals surface area (Å²) in [7, 11) is 1.53. The van der Waals surface area contributed by atoms with Crippen LogP contribution in [-0.4, -0.2) is 55.2 Å². The largest absolute Gasteiger partial charge is 0.507 e. The zero-order valence-corrected chi connectivity index (χ0v) is 18.7. The monoisotopic (exact) mass is 439 g/mol. The number of hydrogen-bond donors (Lipinski definition) is 1. The van der Waals surface area contributed by atoms with Gasteiger partial charge in [-0.1, -0.05) is 19.1 Å². The van der Waals surface area contributed by atoms with Crippen LogP contribution in [-0.2, 0) is 14.3 Å². The number of carbonyl (C=O) groups excluding carboxylic acids is 2. The molecule has 1 fully saturated rings. The Bertz CT molecular complexity index is 982. The first kappa shape index (κ1) is 23.3. The van der Waals surface area contributed by atoms with Crippen LogP contribution in [0.2, 0.25) is 0 Å². The number of likely N-dealkylation sites (tertiary alicyclic amines) is 1. The van der Waals surface area contributed by atoms with Crippen molar-refractivity contribution >= 4 is 17.4 Å². The van der Waals surface area contributed by atoms with E-state index in [2.05, 4.69) is 0 Å². The lowest BCUT2D eigenvalue weighted by Crippen LogP contribution is -2.32. The van der Waals surface area contributed by atoms with Crippen LogP contribution >= 0.6 is 0 Å². The van der Waals surface area contributed by atoms with Crippen LogP contribution in [0.25, 0.3) is 5.76 Å². The summed E-state index contributed by atoms with van der Waals surface area (Å²) in [5.74, 6) is -0.322. The Morgan fingerprint density at radius 1 is 1.00 bits per heavy atom. The molecule has 3 rings (SSSR count). The summed E-state index contributed by atoms with van der Waals surface area (Å²) >= 11 is 0. The van der Waals surface area contributed by atoms with Crippen LogP contribution in [0.3, 0.4) is 0 Å². The molecule has 1 saturated heterocycles. The molecule has 0 bridgehead atoms. The van der Waals surface area contributed by atoms with Crippen LogP contribution in [0.5, 0.6) is 11.5 Å². The Balaban J connectivity index is 2.08. The minimum atomic E-state index is -0.748. The molecule has 7 heteroatoms. The average molecular weight is 440 g/mol. The van der Waals surface area contributed by atoms with Crippen molar-refractivity contribution < 1.29 is 28.9 Å². The highest BCUT2D eigenvalue weighted by Crippen LogP contribution is 2.40. The van der Waals surface area contributed by atoms with Gasteiger partial charge in [0.2, 0.25) is 0 Å². The standard InChI is InChI=1S/C25H29NO6/c1-4-14-32-20-8-6-7-18(16-20)22-21(24(28)25(29)26(22)13-15-30-3)23(27)17-9-11-19(12-10-17)31-5-2/h6-12,16,22,27H,4-5,13-15H2,1-3H3/b23-21+. The minimum absolute atomic E-state index is 0.0444. The number of amides is 1. The Labute approximate surface area is 188 Å². The predicted molar refractivity (Wildman–Crippen MR) is 121 cm³/mol. The van der Waals surface area contributed by atoms with Crippen molar-refractivity contribution in [2.45, 2.75) is 26.3 Å². The number of Topliss-reactive ketones (excluding diaryl/α,β-unsaturated/α-hetero) is 1. The van der Waals surface area contributed by atoms with Crippen molar-refractivity contribution in [3.8, 4) is 11.5 Å². The molecule has 0 saturated carbocycles. The number of aliphatic hydroxyl groups is 1. The lowest BCUT2D eigenvalue weighted by molar-refractivity contribution is -0.140. The van der Waals surface area contributed by atoms with E-state index in [9.17, 15) is 14.7 Å². The van der Waals surface area contributed by atoms with E-state index in [1.54, 1.807) is 30.3 Å². The van der Waals surface area contributed by atoms with E-state index in [0.29, 0.717) is 35.8 Å². The average Bonchev–Trinajstić information content (AvgIpc) is 3.06. The number of nitrogens with zero attached hydrogens (tertiary/aromatic N) is 1. The van der Waals surface area contributed by atoms with Gasteiger partial charge in [0.15, 0.2) is 0 Å². The molecular weight excluding hydrogens is 410 g/mol. The van der Waals surface area contributed by atoms with E-state index in [-0.39, 0.29) is 24.5 Å². The topological polar surface area (TPSA) is 85.3 Å². The van der Waals surface area contributed by atoms with Crippen molar-refractivity contribution in [1.82, 2.24) is 4.90 Å². The van der Waals surface area contributed by atoms with Crippen LogP contribution < -0.4 is 9.47 Å². The van der Waals surface area contributed by atoms with Crippen molar-refractivity contribution in [3.05, 3.63) is 65.2 Å². The van der Waals surface area contributed by atoms with Gasteiger partial charge in [0.25, 0.3) is 11.7 Å². The second kappa shape index (κ2) is 10.8. The molecule has 170 valence electrons. The maximum Gasteiger partial charge on any atom is 0.295 e. The summed E-state index contributed by atoms with van der Waals surface area (Å²) < 4.78 is 16.3. The first-order chi connectivity index (χ1) is 15.5. The lowest BCUT2D eigenvalue weighted by Gasteiger charge is -2.25. The highest BCUT2D eigenvalue weighted by molar-refractivity contribution is 6.46. The van der Waals surface area contributed by atoms with Crippen LogP contribution in [0.1, 0.15) is 37.4 Å². The molecule has 1 amide bonds. The maximum atomic E-state index is 13.0. The SMILES string of the molecule is CCCOc1cccc(C2/C(=C(\O)c3ccc(OCC)cc3)C(=O)C(=O)N2CCOC)c1. The van der Waals surface area contributed by atoms with Crippen molar-refractivity contribution in [3.63, 3.8) is 0 Å². The highest BCUT2D eigenvalue weighted by Gasteiger charge is 2.46. The highest BCUT2D eigenvalue weighted by atomic mass is 16.5. The Morgan fingerprint density at radius 3 is 2.41 bits per heavy atom. The summed E-state index contributed by atoms with van der Waals surface area (Å²) in [5, 5.41) is 11.1. The lowest BCUT2D eigenvalue weighted by atomic mass is 9.95. The van der Waals surface area contributed by atoms with Gasteiger partial charge in [-0.25, -0.2) is 0 Å². The number of benzene rings is 2. The summed E-state index contributed by atoms with van der Waals surface area (Å²) in [5.41, 5.74) is 1.16. The molecule has 1 heterocycles. The number of carbonyl (C=O) groups is 2. The van der Waals surface area contributed by atoms with Gasteiger partial charge in [-0.15, -0.1) is 0 Å². The maximum absolute atomic E-state index is 13.0. The fourth-order valence-corrected chi connectivity index (χ4v) is 3.67. The van der Waals surface area contributed by atoms with Gasteiger partial charge in [0.05, 0.1) is 31.4 Å². The van der Waals surface area contributed by atoms with E-state index in [4.69, 9.17) is 14.2 Å². The molecule has 1 aliphatic heterocycles. The number of rotatable bonds is 10. The molecule has 1 N–H and O–H groups in total. The third kappa shape index (κ3) is 4.94. The summed E-state index contributed by atoms with van der Waals surface area (Å²) in [6.45, 7) is 5.45. The zero-order valence-electron chi connectivity index (χ0n) is 18.7. The summed E-state index contributed by atoms with van der Waals surface area (Å²) in [6.07, 6.45) is 0.855. The fraction of sp³-hybridized carbons (Fsp3) is 0.360. The molecule has 1 aliphatic rings. The van der Waals surface area contributed by atoms with Gasteiger partial charge in [0, 0.05) is 19.2 Å². The minimum Gasteiger partial charge on any atom is -0.507 e. The number of ketones is 1. The Kier molecular flexibility index (Phi) is 7.89. The normalized spacial score (nSPS) is 17.6. The van der Waals surface area contributed by atoms with Gasteiger partial charge in [-0.2, -0.15) is 0 Å². The first-order valence-electron chi connectivity index (χ1n) is 10.7. The van der Waals surface area contributed by atoms with Gasteiger partial charge in [-0.3, -0.25) is 9.59 Å². The second-order valence-corrected chi connectivity index (χ2v) is 7.36. The Morgan fingerprint density at radius 2 is 1.75 bits per heavy atom. The van der Waals surface area contributed by atoms with Gasteiger partial charge >= 0.3 is 0 Å². The zero-order chi connectivity index (χ0) is 23.1. The molecule has 1 atom stereocenters. The van der Waals surface area contributed by atoms with Gasteiger partial charge in [0.1, 0.15) is 17.3 Å². The van der Waals surface area contributed by atoms with Crippen molar-refractivity contribution in [2.75, 3.05) is 33.5 Å². The van der Waals surface area contributed by atoms with Crippen LogP contribution in [0.15, 0.2) is 54.1 Å². The molecule has 32 heavy (non-hydrogen) atoms. The van der Waals surface area contributed by atoms with E-state index in [1.807, 2.05) is 32.0 Å². The quantitative estimate of drug-likeness (QED) is 0.343. The molecule has 0 spiro atoms. The molecule has 0 radical (unpaired) electrons. The number of methoxy groups -OCH3 is 1. The number of hydrogen-bond acceptors (Lipinski definition) is 6. The third-order valence-electron chi connectivity index (χ3n) is 5.16. The number of ether oxygens (including phenoxy) is 3. The van der Waals surface area contributed by atoms with E-state index in [0.717, 1.165) is 6.42 Å². The van der Waals surface area contributed by atoms with E-state index in [1.165, 1.54) is 12.0 Å². The van der Waals surface area contributed by atoms with E-state index < -0.39 is 17.7 Å². The molecular formula is C25H29NO6. The van der Waals surface area contributed by atoms with Gasteiger partial charge in [-0.05, 0) is 55.3 Å². The molecule has 0 aromatic heterocycles. The molecule has 0 aliphatic carbocycles. The first-order valence-corrected chi connectivity index (χ1v) is 10.7. The second-order valence-electron chi connectivity index (χ2n) is 7.36. The molecule has 7 nitrogen and oxygen atoms in total. The molecule has 2 aromatic carbocycles. The summed E-state index contributed by atoms with van der Waals surface area (Å²) in [4.78, 5) is 27.3. The predicted octanol–water partition coefficient (Wildman–Crippen LogP) is 3.94. The van der Waals surface area contributed by atoms with Crippen molar-refractivity contribution in [1.29, 1.82) is 0 Å². The third-order valence-corrected chi connectivity index (χ3v) is 5.16. The summed E-state index contributed by atoms with van der Waals surface area (Å²) in [6, 6.07) is 13.3. The fourth-order valence-electron chi connectivity index (χ4n) is 3.67. The van der Waals surface area contributed by atoms with Crippen molar-refractivity contribution in [2.24, 2.45) is 0 Å². The van der Waals surface area contributed by atoms with Crippen LogP contribution in [0, 0.1) is 0 Å². The number of aliphatic hydroxyl groups excluding tert-OH is 1. The van der Waals surface area contributed by atoms with Crippen LogP contribution in [0.4, 0.5) is 0 Å². The Hall–Kier alpha value is -3.32. The van der Waals surface area contributed by atoms with E-state index >= 15 is 0 Å². The molecule has 1 unspecified atom stereocenters.